The first-order chi connectivity index (χ1) is 10.8. The zero-order valence-corrected chi connectivity index (χ0v) is 17.8. The van der Waals surface area contributed by atoms with Gasteiger partial charge >= 0.3 is 0 Å². The van der Waals surface area contributed by atoms with Gasteiger partial charge in [-0.05, 0) is 24.6 Å². The molecule has 7 heteroatoms. The quantitative estimate of drug-likeness (QED) is 0.305. The molecule has 0 bridgehead atoms. The summed E-state index contributed by atoms with van der Waals surface area (Å²) < 4.78 is 0. The average Bonchev–Trinajstić information content (AvgIpc) is 2.46. The lowest BCUT2D eigenvalue weighted by molar-refractivity contribution is -0.127. The third kappa shape index (κ3) is 8.54. The molecule has 0 aromatic heterocycles. The van der Waals surface area contributed by atoms with Gasteiger partial charge in [0.05, 0.1) is 0 Å². The molecular formula is C17H26ClIN4O. The highest BCUT2D eigenvalue weighted by Gasteiger charge is 2.09. The molecule has 0 unspecified atom stereocenters. The van der Waals surface area contributed by atoms with Crippen molar-refractivity contribution in [1.29, 1.82) is 0 Å². The number of likely N-dealkylation sites (N-methyl/N-ethyl adjacent to an activating group) is 1. The summed E-state index contributed by atoms with van der Waals surface area (Å²) in [7, 11) is 5.36. The molecule has 134 valence electrons. The van der Waals surface area contributed by atoms with Crippen molar-refractivity contribution in [3.05, 3.63) is 47.0 Å². The van der Waals surface area contributed by atoms with E-state index in [2.05, 4.69) is 16.9 Å². The summed E-state index contributed by atoms with van der Waals surface area (Å²) in [6, 6.07) is 7.68. The van der Waals surface area contributed by atoms with Gasteiger partial charge in [0.25, 0.3) is 0 Å². The van der Waals surface area contributed by atoms with Crippen molar-refractivity contribution in [2.24, 2.45) is 4.99 Å². The standard InChI is InChI=1S/C17H25ClN4O.HI/c1-13(2)10-19-17(20-11-16(23)21(3)4)22(5)12-14-7-6-8-15(18)9-14;/h6-9H,1,10-12H2,2-5H3,(H,19,20);1H. The van der Waals surface area contributed by atoms with Crippen molar-refractivity contribution >= 4 is 47.4 Å². The van der Waals surface area contributed by atoms with Gasteiger partial charge in [-0.3, -0.25) is 4.79 Å². The van der Waals surface area contributed by atoms with E-state index < -0.39 is 0 Å². The Balaban J connectivity index is 0.00000529. The third-order valence-electron chi connectivity index (χ3n) is 3.08. The van der Waals surface area contributed by atoms with Crippen molar-refractivity contribution in [1.82, 2.24) is 15.1 Å². The van der Waals surface area contributed by atoms with Crippen molar-refractivity contribution < 1.29 is 4.79 Å². The second kappa shape index (κ2) is 11.3. The number of carbonyl (C=O) groups is 1. The van der Waals surface area contributed by atoms with Crippen molar-refractivity contribution in [3.63, 3.8) is 0 Å². The van der Waals surface area contributed by atoms with Gasteiger partial charge in [-0.2, -0.15) is 0 Å². The number of halogens is 2. The monoisotopic (exact) mass is 464 g/mol. The van der Waals surface area contributed by atoms with E-state index >= 15 is 0 Å². The van der Waals surface area contributed by atoms with Crippen molar-refractivity contribution in [3.8, 4) is 0 Å². The Morgan fingerprint density at radius 2 is 2.00 bits per heavy atom. The van der Waals surface area contributed by atoms with Crippen LogP contribution in [0.1, 0.15) is 12.5 Å². The van der Waals surface area contributed by atoms with Crippen LogP contribution in [0.3, 0.4) is 0 Å². The van der Waals surface area contributed by atoms with Crippen LogP contribution in [0, 0.1) is 0 Å². The van der Waals surface area contributed by atoms with Gasteiger partial charge in [0, 0.05) is 39.3 Å². The van der Waals surface area contributed by atoms with Crippen LogP contribution >= 0.6 is 35.6 Å². The Morgan fingerprint density at radius 1 is 1.33 bits per heavy atom. The Labute approximate surface area is 166 Å². The van der Waals surface area contributed by atoms with E-state index in [0.29, 0.717) is 24.1 Å². The molecule has 0 aliphatic rings. The van der Waals surface area contributed by atoms with Crippen LogP contribution in [0.4, 0.5) is 0 Å². The van der Waals surface area contributed by atoms with Crippen LogP contribution in [-0.2, 0) is 11.3 Å². The maximum Gasteiger partial charge on any atom is 0.243 e. The Hall–Kier alpha value is -1.28. The number of benzene rings is 1. The maximum absolute atomic E-state index is 11.7. The summed E-state index contributed by atoms with van der Waals surface area (Å²) in [6.45, 7) is 7.16. The largest absolute Gasteiger partial charge is 0.353 e. The number of guanidine groups is 1. The summed E-state index contributed by atoms with van der Waals surface area (Å²) in [5.74, 6) is 0.610. The summed E-state index contributed by atoms with van der Waals surface area (Å²) in [6.07, 6.45) is 0. The van der Waals surface area contributed by atoms with E-state index in [9.17, 15) is 4.79 Å². The minimum absolute atomic E-state index is 0. The fourth-order valence-corrected chi connectivity index (χ4v) is 2.02. The molecule has 1 aromatic carbocycles. The highest BCUT2D eigenvalue weighted by Crippen LogP contribution is 2.12. The summed E-state index contributed by atoms with van der Waals surface area (Å²) in [5.41, 5.74) is 2.07. The van der Waals surface area contributed by atoms with Gasteiger partial charge in [-0.15, -0.1) is 24.0 Å². The first-order valence-electron chi connectivity index (χ1n) is 7.38. The Morgan fingerprint density at radius 3 is 2.54 bits per heavy atom. The number of carbonyl (C=O) groups excluding carboxylic acids is 1. The molecule has 1 amide bonds. The fraction of sp³-hybridized carbons (Fsp3) is 0.412. The molecule has 0 radical (unpaired) electrons. The van der Waals surface area contributed by atoms with Crippen molar-refractivity contribution in [2.75, 3.05) is 34.2 Å². The van der Waals surface area contributed by atoms with Gasteiger partial charge in [0.15, 0.2) is 5.96 Å². The van der Waals surface area contributed by atoms with Gasteiger partial charge in [-0.25, -0.2) is 4.99 Å². The van der Waals surface area contributed by atoms with Gasteiger partial charge in [0.1, 0.15) is 6.54 Å². The number of amides is 1. The smallest absolute Gasteiger partial charge is 0.243 e. The van der Waals surface area contributed by atoms with E-state index in [1.165, 1.54) is 4.90 Å². The minimum atomic E-state index is -0.0456. The average molecular weight is 465 g/mol. The number of nitrogens with one attached hydrogen (secondary N) is 1. The second-order valence-electron chi connectivity index (χ2n) is 5.72. The van der Waals surface area contributed by atoms with Crippen molar-refractivity contribution in [2.45, 2.75) is 13.5 Å². The predicted molar refractivity (Wildman–Crippen MR) is 112 cm³/mol. The molecule has 0 atom stereocenters. The molecule has 24 heavy (non-hydrogen) atoms. The fourth-order valence-electron chi connectivity index (χ4n) is 1.81. The molecule has 0 saturated carbocycles. The summed E-state index contributed by atoms with van der Waals surface area (Å²) >= 11 is 6.02. The summed E-state index contributed by atoms with van der Waals surface area (Å²) in [5, 5.41) is 3.92. The van der Waals surface area contributed by atoms with Crippen LogP contribution in [-0.4, -0.2) is 55.9 Å². The van der Waals surface area contributed by atoms with E-state index in [1.54, 1.807) is 14.1 Å². The van der Waals surface area contributed by atoms with Gasteiger partial charge in [0.2, 0.25) is 5.91 Å². The van der Waals surface area contributed by atoms with Gasteiger partial charge in [-0.1, -0.05) is 35.9 Å². The highest BCUT2D eigenvalue weighted by atomic mass is 127. The number of hydrogen-bond donors (Lipinski definition) is 1. The summed E-state index contributed by atoms with van der Waals surface area (Å²) in [4.78, 5) is 19.6. The topological polar surface area (TPSA) is 47.9 Å². The van der Waals surface area contributed by atoms with Crippen LogP contribution in [0.5, 0.6) is 0 Å². The number of hydrogen-bond acceptors (Lipinski definition) is 2. The third-order valence-corrected chi connectivity index (χ3v) is 3.32. The number of nitrogens with zero attached hydrogens (tertiary/aromatic N) is 3. The molecule has 0 heterocycles. The Bertz CT molecular complexity index is 590. The second-order valence-corrected chi connectivity index (χ2v) is 6.16. The highest BCUT2D eigenvalue weighted by molar-refractivity contribution is 14.0. The maximum atomic E-state index is 11.7. The zero-order valence-electron chi connectivity index (χ0n) is 14.7. The van der Waals surface area contributed by atoms with E-state index in [1.807, 2.05) is 43.1 Å². The first-order valence-corrected chi connectivity index (χ1v) is 7.76. The van der Waals surface area contributed by atoms with Crippen LogP contribution in [0.2, 0.25) is 5.02 Å². The molecule has 1 N–H and O–H groups in total. The molecular weight excluding hydrogens is 439 g/mol. The van der Waals surface area contributed by atoms with E-state index in [4.69, 9.17) is 11.6 Å². The zero-order chi connectivity index (χ0) is 17.4. The van der Waals surface area contributed by atoms with Crippen LogP contribution < -0.4 is 5.32 Å². The van der Waals surface area contributed by atoms with Gasteiger partial charge < -0.3 is 15.1 Å². The molecule has 1 rings (SSSR count). The number of aliphatic imine (C=N–C) groups is 1. The molecule has 5 nitrogen and oxygen atoms in total. The predicted octanol–water partition coefficient (Wildman–Crippen LogP) is 3.00. The molecule has 0 spiro atoms. The van der Waals surface area contributed by atoms with E-state index in [0.717, 1.165) is 11.1 Å². The number of rotatable bonds is 6. The molecule has 0 aliphatic heterocycles. The van der Waals surface area contributed by atoms with Crippen LogP contribution in [0.15, 0.2) is 41.4 Å². The SMILES string of the molecule is C=C(C)CNC(=NCC(=O)N(C)C)N(C)Cc1cccc(Cl)c1.I. The van der Waals surface area contributed by atoms with Crippen LogP contribution in [0.25, 0.3) is 0 Å². The Kier molecular flexibility index (Phi) is 10.7. The molecule has 0 saturated heterocycles. The first kappa shape index (κ1) is 22.7. The lowest BCUT2D eigenvalue weighted by Gasteiger charge is -2.23. The normalized spacial score (nSPS) is 10.6. The molecule has 1 aromatic rings. The molecule has 0 aliphatic carbocycles. The minimum Gasteiger partial charge on any atom is -0.353 e. The lowest BCUT2D eigenvalue weighted by Crippen LogP contribution is -2.40. The lowest BCUT2D eigenvalue weighted by atomic mass is 10.2. The molecule has 0 fully saturated rings. The van der Waals surface area contributed by atoms with E-state index in [-0.39, 0.29) is 36.4 Å².